The maximum absolute atomic E-state index is 14.2. The van der Waals surface area contributed by atoms with Crippen LogP contribution >= 0.6 is 0 Å². The summed E-state index contributed by atoms with van der Waals surface area (Å²) in [6.07, 6.45) is -0.837. The van der Waals surface area contributed by atoms with E-state index in [4.69, 9.17) is 23.9 Å². The van der Waals surface area contributed by atoms with Crippen LogP contribution in [0.15, 0.2) is 29.1 Å². The minimum atomic E-state index is -2.22. The standard InChI is InChI=1S/C34H41N3O9Si/c1-10-34(45-27(39)15-35-32(42)46-33(5,6)7)24-14-26-28-22(16-37(26)30(40)23(24)17-43-31(34)41)29(47(8,9)18(2)3)21-13-20(44-19(4)38)11-12-25(21)36-28/h11-14,18H,10,15-17H2,1-9H3,(H,35,42). The summed E-state index contributed by atoms with van der Waals surface area (Å²) in [5, 5.41) is 4.32. The average molecular weight is 664 g/mol. The summed E-state index contributed by atoms with van der Waals surface area (Å²) in [4.78, 5) is 69.6. The molecule has 2 aromatic heterocycles. The highest BCUT2D eigenvalue weighted by Gasteiger charge is 2.50. The van der Waals surface area contributed by atoms with Gasteiger partial charge in [-0.25, -0.2) is 14.6 Å². The highest BCUT2D eigenvalue weighted by molar-refractivity contribution is 6.92. The number of nitrogens with zero attached hydrogens (tertiary/aromatic N) is 2. The summed E-state index contributed by atoms with van der Waals surface area (Å²) in [6.45, 7) is 16.4. The van der Waals surface area contributed by atoms with Crippen LogP contribution in [0.25, 0.3) is 22.3 Å². The van der Waals surface area contributed by atoms with Crippen LogP contribution in [0.5, 0.6) is 5.75 Å². The van der Waals surface area contributed by atoms with Crippen molar-refractivity contribution in [1.29, 1.82) is 0 Å². The smallest absolute Gasteiger partial charge is 0.408 e. The Kier molecular flexibility index (Phi) is 8.59. The molecule has 12 nitrogen and oxygen atoms in total. The summed E-state index contributed by atoms with van der Waals surface area (Å²) in [7, 11) is -2.22. The molecule has 1 atom stereocenters. The van der Waals surface area contributed by atoms with Crippen LogP contribution in [0.1, 0.15) is 71.6 Å². The first-order valence-electron chi connectivity index (χ1n) is 15.7. The lowest BCUT2D eigenvalue weighted by Crippen LogP contribution is -2.49. The van der Waals surface area contributed by atoms with Crippen LogP contribution in [0.4, 0.5) is 4.79 Å². The van der Waals surface area contributed by atoms with Crippen molar-refractivity contribution >= 4 is 48.2 Å². The molecule has 47 heavy (non-hydrogen) atoms. The molecule has 1 unspecified atom stereocenters. The third-order valence-corrected chi connectivity index (χ3v) is 13.8. The molecule has 2 aliphatic heterocycles. The monoisotopic (exact) mass is 663 g/mol. The van der Waals surface area contributed by atoms with Gasteiger partial charge < -0.3 is 28.8 Å². The lowest BCUT2D eigenvalue weighted by atomic mass is 9.85. The molecule has 0 bridgehead atoms. The molecule has 1 amide bonds. The van der Waals surface area contributed by atoms with Gasteiger partial charge in [-0.15, -0.1) is 0 Å². The number of aromatic nitrogens is 2. The van der Waals surface area contributed by atoms with Crippen molar-refractivity contribution < 1.29 is 38.1 Å². The molecule has 0 radical (unpaired) electrons. The number of nitrogens with one attached hydrogen (secondary N) is 1. The van der Waals surface area contributed by atoms with E-state index in [-0.39, 0.29) is 36.3 Å². The lowest BCUT2D eigenvalue weighted by Gasteiger charge is -2.35. The van der Waals surface area contributed by atoms with Gasteiger partial charge >= 0.3 is 24.0 Å². The van der Waals surface area contributed by atoms with Gasteiger partial charge in [0.2, 0.25) is 5.60 Å². The Hall–Kier alpha value is -4.52. The van der Waals surface area contributed by atoms with Crippen molar-refractivity contribution in [3.05, 3.63) is 51.3 Å². The molecule has 1 aromatic carbocycles. The number of ether oxygens (including phenoxy) is 4. The summed E-state index contributed by atoms with van der Waals surface area (Å²) in [5.74, 6) is -1.72. The quantitative estimate of drug-likeness (QED) is 0.130. The van der Waals surface area contributed by atoms with Crippen molar-refractivity contribution in [2.45, 2.75) is 97.9 Å². The highest BCUT2D eigenvalue weighted by Crippen LogP contribution is 2.42. The Morgan fingerprint density at radius 2 is 1.83 bits per heavy atom. The molecular formula is C34H41N3O9Si. The average Bonchev–Trinajstić information content (AvgIpc) is 3.33. The minimum absolute atomic E-state index is 0.0185. The number of rotatable bonds is 7. The summed E-state index contributed by atoms with van der Waals surface area (Å²) in [5.41, 5.74) is 0.377. The third-order valence-electron chi connectivity index (χ3n) is 9.04. The van der Waals surface area contributed by atoms with E-state index in [0.717, 1.165) is 16.1 Å². The van der Waals surface area contributed by atoms with Crippen molar-refractivity contribution in [1.82, 2.24) is 14.9 Å². The van der Waals surface area contributed by atoms with E-state index in [9.17, 15) is 24.0 Å². The van der Waals surface area contributed by atoms with Crippen molar-refractivity contribution in [3.63, 3.8) is 0 Å². The SMILES string of the molecule is CCC1(OC(=O)CNC(=O)OC(C)(C)C)C(=O)OCc2c1cc1n(c2=O)Cc2c-1nc1ccc(OC(C)=O)cc1c2[Si](C)(C)C(C)C. The molecular weight excluding hydrogens is 622 g/mol. The second-order valence-electron chi connectivity index (χ2n) is 13.9. The van der Waals surface area contributed by atoms with E-state index in [1.54, 1.807) is 50.5 Å². The second kappa shape index (κ2) is 11.9. The molecule has 5 rings (SSSR count). The largest absolute Gasteiger partial charge is 0.457 e. The molecule has 2 aliphatic rings. The maximum Gasteiger partial charge on any atom is 0.408 e. The van der Waals surface area contributed by atoms with E-state index in [1.165, 1.54) is 6.92 Å². The first kappa shape index (κ1) is 33.8. The molecule has 0 aliphatic carbocycles. The Morgan fingerprint density at radius 3 is 2.45 bits per heavy atom. The Bertz CT molecular complexity index is 1890. The highest BCUT2D eigenvalue weighted by atomic mass is 28.3. The minimum Gasteiger partial charge on any atom is -0.457 e. The number of esters is 3. The zero-order valence-electron chi connectivity index (χ0n) is 28.3. The summed E-state index contributed by atoms with van der Waals surface area (Å²) in [6, 6.07) is 7.04. The molecule has 0 saturated heterocycles. The number of hydrogen-bond acceptors (Lipinski definition) is 10. The van der Waals surface area contributed by atoms with Gasteiger partial charge in [-0.3, -0.25) is 14.4 Å². The first-order chi connectivity index (χ1) is 21.9. The second-order valence-corrected chi connectivity index (χ2v) is 19.0. The first-order valence-corrected chi connectivity index (χ1v) is 18.8. The topological polar surface area (TPSA) is 152 Å². The van der Waals surface area contributed by atoms with Crippen LogP contribution < -0.4 is 20.8 Å². The molecule has 0 fully saturated rings. The predicted octanol–water partition coefficient (Wildman–Crippen LogP) is 4.41. The normalized spacial score (nSPS) is 17.0. The van der Waals surface area contributed by atoms with Crippen LogP contribution in [-0.2, 0) is 47.3 Å². The fourth-order valence-corrected chi connectivity index (χ4v) is 8.61. The number of amides is 1. The Morgan fingerprint density at radius 1 is 1.13 bits per heavy atom. The van der Waals surface area contributed by atoms with Crippen molar-refractivity contribution in [3.8, 4) is 17.1 Å². The van der Waals surface area contributed by atoms with Crippen LogP contribution in [0, 0.1) is 0 Å². The van der Waals surface area contributed by atoms with Gasteiger partial charge in [-0.1, -0.05) is 33.9 Å². The summed E-state index contributed by atoms with van der Waals surface area (Å²) < 4.78 is 23.5. The number of fused-ring (bicyclic) bond motifs is 5. The number of benzene rings is 1. The van der Waals surface area contributed by atoms with Crippen LogP contribution in [0.2, 0.25) is 18.6 Å². The number of carbonyl (C=O) groups is 4. The predicted molar refractivity (Wildman–Crippen MR) is 176 cm³/mol. The van der Waals surface area contributed by atoms with Crippen molar-refractivity contribution in [2.24, 2.45) is 0 Å². The number of carbonyl (C=O) groups excluding carboxylic acids is 4. The van der Waals surface area contributed by atoms with E-state index in [2.05, 4.69) is 32.3 Å². The van der Waals surface area contributed by atoms with Gasteiger partial charge in [0.05, 0.1) is 37.1 Å². The summed E-state index contributed by atoms with van der Waals surface area (Å²) >= 11 is 0. The lowest BCUT2D eigenvalue weighted by molar-refractivity contribution is -0.188. The molecule has 3 aromatic rings. The van der Waals surface area contributed by atoms with Crippen LogP contribution in [0.3, 0.4) is 0 Å². The molecule has 0 saturated carbocycles. The van der Waals surface area contributed by atoms with E-state index in [1.807, 2.05) is 6.07 Å². The molecule has 250 valence electrons. The Balaban J connectivity index is 1.65. The maximum atomic E-state index is 14.2. The van der Waals surface area contributed by atoms with Gasteiger partial charge in [0, 0.05) is 17.9 Å². The van der Waals surface area contributed by atoms with Crippen LogP contribution in [-0.4, -0.2) is 53.8 Å². The van der Waals surface area contributed by atoms with E-state index >= 15 is 0 Å². The van der Waals surface area contributed by atoms with Gasteiger partial charge in [-0.2, -0.15) is 0 Å². The Labute approximate surface area is 273 Å². The number of hydrogen-bond donors (Lipinski definition) is 1. The fourth-order valence-electron chi connectivity index (χ4n) is 6.16. The number of cyclic esters (lactones) is 1. The van der Waals surface area contributed by atoms with Crippen molar-refractivity contribution in [2.75, 3.05) is 6.54 Å². The number of pyridine rings is 2. The van der Waals surface area contributed by atoms with Gasteiger partial charge in [-0.05, 0) is 67.7 Å². The molecule has 4 heterocycles. The third kappa shape index (κ3) is 6.04. The zero-order valence-corrected chi connectivity index (χ0v) is 29.3. The molecule has 13 heteroatoms. The van der Waals surface area contributed by atoms with Gasteiger partial charge in [0.15, 0.2) is 0 Å². The zero-order chi connectivity index (χ0) is 34.6. The van der Waals surface area contributed by atoms with Gasteiger partial charge in [0.1, 0.15) is 24.5 Å². The van der Waals surface area contributed by atoms with Gasteiger partial charge in [0.25, 0.3) is 5.56 Å². The van der Waals surface area contributed by atoms with E-state index < -0.39 is 49.8 Å². The molecule has 0 spiro atoms. The number of alkyl carbamates (subject to hydrolysis) is 1. The van der Waals surface area contributed by atoms with E-state index in [0.29, 0.717) is 28.2 Å². The fraction of sp³-hybridized carbons (Fsp3) is 0.471. The molecule has 1 N–H and O–H groups in total.